The molecule has 5 heteroatoms. The number of carbonyl (C=O) groups is 3. The highest BCUT2D eigenvalue weighted by atomic mass is 16.2. The smallest absolute Gasteiger partial charge is 0.266 e. The third kappa shape index (κ3) is 3.28. The molecule has 0 unspecified atom stereocenters. The van der Waals surface area contributed by atoms with Gasteiger partial charge in [0, 0.05) is 11.3 Å². The number of imide groups is 1. The fourth-order valence-electron chi connectivity index (χ4n) is 3.63. The number of anilines is 2. The Morgan fingerprint density at radius 2 is 1.37 bits per heavy atom. The van der Waals surface area contributed by atoms with Gasteiger partial charge in [-0.15, -0.1) is 0 Å². The summed E-state index contributed by atoms with van der Waals surface area (Å²) in [5, 5.41) is 2.90. The second-order valence-electron chi connectivity index (χ2n) is 7.77. The summed E-state index contributed by atoms with van der Waals surface area (Å²) in [6.07, 6.45) is 0. The minimum Gasteiger partial charge on any atom is -0.322 e. The molecule has 0 atom stereocenters. The molecule has 0 spiro atoms. The summed E-state index contributed by atoms with van der Waals surface area (Å²) in [7, 11) is 0. The van der Waals surface area contributed by atoms with Crippen molar-refractivity contribution in [3.63, 3.8) is 0 Å². The Balaban J connectivity index is 1.67. The lowest BCUT2D eigenvalue weighted by molar-refractivity contribution is 0.0925. The van der Waals surface area contributed by atoms with Crippen LogP contribution in [0.1, 0.15) is 53.3 Å². The maximum atomic E-state index is 13.1. The van der Waals surface area contributed by atoms with E-state index in [0.717, 1.165) is 27.9 Å². The predicted octanol–water partition coefficient (Wildman–Crippen LogP) is 4.97. The van der Waals surface area contributed by atoms with Crippen LogP contribution >= 0.6 is 0 Å². The van der Waals surface area contributed by atoms with Crippen molar-refractivity contribution in [3.05, 3.63) is 93.5 Å². The van der Waals surface area contributed by atoms with Crippen molar-refractivity contribution in [1.29, 1.82) is 0 Å². The van der Waals surface area contributed by atoms with Crippen molar-refractivity contribution >= 4 is 29.1 Å². The van der Waals surface area contributed by atoms with E-state index in [1.165, 1.54) is 11.0 Å². The summed E-state index contributed by atoms with van der Waals surface area (Å²) in [4.78, 5) is 40.0. The monoisotopic (exact) mass is 398 g/mol. The number of aryl methyl sites for hydroxylation is 4. The van der Waals surface area contributed by atoms with E-state index in [1.54, 1.807) is 12.1 Å². The third-order valence-corrected chi connectivity index (χ3v) is 5.40. The predicted molar refractivity (Wildman–Crippen MR) is 117 cm³/mol. The highest BCUT2D eigenvalue weighted by molar-refractivity contribution is 6.35. The first-order valence-corrected chi connectivity index (χ1v) is 9.75. The second kappa shape index (κ2) is 7.26. The number of carbonyl (C=O) groups excluding carboxylic acids is 3. The summed E-state index contributed by atoms with van der Waals surface area (Å²) in [5.74, 6) is -1.10. The molecule has 0 fully saturated rings. The van der Waals surface area contributed by atoms with Crippen LogP contribution in [0.4, 0.5) is 11.4 Å². The Hall–Kier alpha value is -3.73. The summed E-state index contributed by atoms with van der Waals surface area (Å²) in [5.41, 5.74) is 5.96. The molecule has 1 N–H and O–H groups in total. The normalized spacial score (nSPS) is 12.9. The largest absolute Gasteiger partial charge is 0.322 e. The molecule has 4 rings (SSSR count). The van der Waals surface area contributed by atoms with Crippen molar-refractivity contribution in [2.24, 2.45) is 0 Å². The maximum Gasteiger partial charge on any atom is 0.266 e. The van der Waals surface area contributed by atoms with Crippen molar-refractivity contribution in [1.82, 2.24) is 0 Å². The molecule has 0 aromatic heterocycles. The van der Waals surface area contributed by atoms with Crippen LogP contribution in [0.2, 0.25) is 0 Å². The first kappa shape index (κ1) is 19.6. The Bertz CT molecular complexity index is 1230. The fourth-order valence-corrected chi connectivity index (χ4v) is 3.63. The molecule has 1 aliphatic rings. The van der Waals surface area contributed by atoms with Crippen LogP contribution in [0, 0.1) is 27.7 Å². The standard InChI is InChI=1S/C25H22N2O3/c1-14-5-7-16(3)21(11-14)26-23(28)18-9-10-19-20(13-18)25(30)27(24(19)29)22-12-15(2)6-8-17(22)4/h5-13H,1-4H3,(H,26,28). The van der Waals surface area contributed by atoms with E-state index >= 15 is 0 Å². The van der Waals surface area contributed by atoms with Gasteiger partial charge in [-0.2, -0.15) is 0 Å². The first-order chi connectivity index (χ1) is 14.3. The summed E-state index contributed by atoms with van der Waals surface area (Å²) in [6, 6.07) is 16.1. The van der Waals surface area contributed by atoms with E-state index in [0.29, 0.717) is 16.8 Å². The van der Waals surface area contributed by atoms with Crippen LogP contribution in [-0.2, 0) is 0 Å². The molecule has 3 aromatic rings. The second-order valence-corrected chi connectivity index (χ2v) is 7.77. The van der Waals surface area contributed by atoms with Crippen LogP contribution in [-0.4, -0.2) is 17.7 Å². The fraction of sp³-hybridized carbons (Fsp3) is 0.160. The molecule has 0 saturated carbocycles. The van der Waals surface area contributed by atoms with Crippen molar-refractivity contribution < 1.29 is 14.4 Å². The number of rotatable bonds is 3. The topological polar surface area (TPSA) is 66.5 Å². The molecule has 1 aliphatic heterocycles. The van der Waals surface area contributed by atoms with Gasteiger partial charge >= 0.3 is 0 Å². The van der Waals surface area contributed by atoms with E-state index in [4.69, 9.17) is 0 Å². The molecule has 1 heterocycles. The van der Waals surface area contributed by atoms with Gasteiger partial charge in [-0.25, -0.2) is 4.90 Å². The summed E-state index contributed by atoms with van der Waals surface area (Å²) < 4.78 is 0. The minimum atomic E-state index is -0.412. The Morgan fingerprint density at radius 1 is 0.733 bits per heavy atom. The summed E-state index contributed by atoms with van der Waals surface area (Å²) in [6.45, 7) is 7.65. The highest BCUT2D eigenvalue weighted by Gasteiger charge is 2.37. The molecular weight excluding hydrogens is 376 g/mol. The van der Waals surface area contributed by atoms with Crippen molar-refractivity contribution in [2.45, 2.75) is 27.7 Å². The zero-order chi connectivity index (χ0) is 21.6. The van der Waals surface area contributed by atoms with E-state index in [1.807, 2.05) is 64.1 Å². The van der Waals surface area contributed by atoms with Gasteiger partial charge < -0.3 is 5.32 Å². The molecule has 5 nitrogen and oxygen atoms in total. The van der Waals surface area contributed by atoms with Gasteiger partial charge in [0.2, 0.25) is 0 Å². The number of benzene rings is 3. The average molecular weight is 398 g/mol. The Labute approximate surface area is 175 Å². The van der Waals surface area contributed by atoms with Gasteiger partial charge in [0.25, 0.3) is 17.7 Å². The number of nitrogens with zero attached hydrogens (tertiary/aromatic N) is 1. The lowest BCUT2D eigenvalue weighted by atomic mass is 10.0. The first-order valence-electron chi connectivity index (χ1n) is 9.75. The highest BCUT2D eigenvalue weighted by Crippen LogP contribution is 2.32. The molecule has 3 aromatic carbocycles. The van der Waals surface area contributed by atoms with Crippen LogP contribution in [0.3, 0.4) is 0 Å². The molecule has 0 saturated heterocycles. The molecular formula is C25H22N2O3. The van der Waals surface area contributed by atoms with E-state index < -0.39 is 5.91 Å². The molecule has 0 aliphatic carbocycles. The van der Waals surface area contributed by atoms with E-state index in [9.17, 15) is 14.4 Å². The third-order valence-electron chi connectivity index (χ3n) is 5.40. The molecule has 150 valence electrons. The number of amides is 3. The number of nitrogens with one attached hydrogen (secondary N) is 1. The van der Waals surface area contributed by atoms with Gasteiger partial charge in [0.15, 0.2) is 0 Å². The number of hydrogen-bond acceptors (Lipinski definition) is 3. The van der Waals surface area contributed by atoms with E-state index in [2.05, 4.69) is 5.32 Å². The molecule has 0 bridgehead atoms. The number of fused-ring (bicyclic) bond motifs is 1. The average Bonchev–Trinajstić information content (AvgIpc) is 2.96. The lowest BCUT2D eigenvalue weighted by Crippen LogP contribution is -2.30. The van der Waals surface area contributed by atoms with Gasteiger partial charge in [-0.1, -0.05) is 24.3 Å². The van der Waals surface area contributed by atoms with E-state index in [-0.39, 0.29) is 17.4 Å². The van der Waals surface area contributed by atoms with Gasteiger partial charge in [-0.3, -0.25) is 14.4 Å². The van der Waals surface area contributed by atoms with Crippen molar-refractivity contribution in [2.75, 3.05) is 10.2 Å². The Morgan fingerprint density at radius 3 is 2.10 bits per heavy atom. The number of hydrogen-bond donors (Lipinski definition) is 1. The van der Waals surface area contributed by atoms with Crippen molar-refractivity contribution in [3.8, 4) is 0 Å². The van der Waals surface area contributed by atoms with Gasteiger partial charge in [0.05, 0.1) is 16.8 Å². The molecule has 0 radical (unpaired) electrons. The zero-order valence-electron chi connectivity index (χ0n) is 17.4. The lowest BCUT2D eigenvalue weighted by Gasteiger charge is -2.17. The molecule has 30 heavy (non-hydrogen) atoms. The SMILES string of the molecule is Cc1ccc(C)c(NC(=O)c2ccc3c(c2)C(=O)N(c2cc(C)ccc2C)C3=O)c1. The van der Waals surface area contributed by atoms with Crippen LogP contribution < -0.4 is 10.2 Å². The van der Waals surface area contributed by atoms with Crippen LogP contribution in [0.25, 0.3) is 0 Å². The van der Waals surface area contributed by atoms with Gasteiger partial charge in [0.1, 0.15) is 0 Å². The molecule has 3 amide bonds. The van der Waals surface area contributed by atoms with Crippen LogP contribution in [0.5, 0.6) is 0 Å². The Kier molecular flexibility index (Phi) is 4.74. The minimum absolute atomic E-state index is 0.245. The quantitative estimate of drug-likeness (QED) is 0.633. The maximum absolute atomic E-state index is 13.1. The van der Waals surface area contributed by atoms with Crippen LogP contribution in [0.15, 0.2) is 54.6 Å². The van der Waals surface area contributed by atoms with Gasteiger partial charge in [-0.05, 0) is 80.3 Å². The zero-order valence-corrected chi connectivity index (χ0v) is 17.4. The summed E-state index contributed by atoms with van der Waals surface area (Å²) >= 11 is 0.